The number of nitrogens with one attached hydrogen (secondary N) is 1. The van der Waals surface area contributed by atoms with Crippen LogP contribution in [0.2, 0.25) is 0 Å². The largest absolute Gasteiger partial charge is 0.342 e. The molecule has 1 N–H and O–H groups in total. The molecule has 1 aliphatic heterocycles. The average molecular weight is 334 g/mol. The van der Waals surface area contributed by atoms with E-state index in [-0.39, 0.29) is 11.7 Å². The Morgan fingerprint density at radius 1 is 1.48 bits per heavy atom. The van der Waals surface area contributed by atoms with Gasteiger partial charge in [0.1, 0.15) is 5.82 Å². The first-order valence-corrected chi connectivity index (χ1v) is 8.70. The summed E-state index contributed by atoms with van der Waals surface area (Å²) < 4.78 is 13.7. The van der Waals surface area contributed by atoms with Crippen molar-refractivity contribution in [2.75, 3.05) is 18.8 Å². The molecule has 0 aliphatic carbocycles. The Balaban J connectivity index is 1.59. The van der Waals surface area contributed by atoms with Gasteiger partial charge in [-0.05, 0) is 30.9 Å². The molecular formula is C16H19FN4OS. The Labute approximate surface area is 138 Å². The van der Waals surface area contributed by atoms with Crippen LogP contribution in [0.25, 0.3) is 11.4 Å². The Bertz CT molecular complexity index is 690. The highest BCUT2D eigenvalue weighted by Crippen LogP contribution is 2.22. The summed E-state index contributed by atoms with van der Waals surface area (Å²) >= 11 is 1.28. The van der Waals surface area contributed by atoms with E-state index >= 15 is 0 Å². The molecule has 2 heterocycles. The highest BCUT2D eigenvalue weighted by molar-refractivity contribution is 7.99. The van der Waals surface area contributed by atoms with Crippen molar-refractivity contribution in [1.82, 2.24) is 20.1 Å². The number of piperidine rings is 1. The summed E-state index contributed by atoms with van der Waals surface area (Å²) in [4.78, 5) is 18.4. The van der Waals surface area contributed by atoms with Gasteiger partial charge in [0, 0.05) is 13.1 Å². The third kappa shape index (κ3) is 3.90. The van der Waals surface area contributed by atoms with Crippen molar-refractivity contribution < 1.29 is 9.18 Å². The van der Waals surface area contributed by atoms with Gasteiger partial charge in [-0.25, -0.2) is 9.37 Å². The van der Waals surface area contributed by atoms with E-state index in [1.54, 1.807) is 18.2 Å². The van der Waals surface area contributed by atoms with Crippen LogP contribution < -0.4 is 0 Å². The summed E-state index contributed by atoms with van der Waals surface area (Å²) in [7, 11) is 0. The molecule has 5 nitrogen and oxygen atoms in total. The van der Waals surface area contributed by atoms with Crippen molar-refractivity contribution in [2.45, 2.75) is 24.9 Å². The third-order valence-corrected chi connectivity index (χ3v) is 4.76. The van der Waals surface area contributed by atoms with Crippen LogP contribution in [-0.2, 0) is 4.79 Å². The van der Waals surface area contributed by atoms with Crippen LogP contribution in [0.3, 0.4) is 0 Å². The van der Waals surface area contributed by atoms with E-state index < -0.39 is 0 Å². The van der Waals surface area contributed by atoms with Crippen LogP contribution in [0.5, 0.6) is 0 Å². The van der Waals surface area contributed by atoms with Gasteiger partial charge in [-0.3, -0.25) is 9.89 Å². The van der Waals surface area contributed by atoms with Crippen molar-refractivity contribution >= 4 is 17.7 Å². The summed E-state index contributed by atoms with van der Waals surface area (Å²) in [5, 5.41) is 7.24. The first-order chi connectivity index (χ1) is 11.1. The number of H-pyrrole nitrogens is 1. The lowest BCUT2D eigenvalue weighted by Crippen LogP contribution is -2.40. The summed E-state index contributed by atoms with van der Waals surface area (Å²) in [6, 6.07) is 6.40. The minimum atomic E-state index is -0.349. The maximum Gasteiger partial charge on any atom is 0.233 e. The number of rotatable bonds is 4. The average Bonchev–Trinajstić information content (AvgIpc) is 3.02. The lowest BCUT2D eigenvalue weighted by molar-refractivity contribution is -0.130. The molecule has 1 fully saturated rings. The Kier molecular flexibility index (Phi) is 4.95. The normalized spacial score (nSPS) is 18.2. The molecule has 2 aromatic rings. The first-order valence-electron chi connectivity index (χ1n) is 7.71. The quantitative estimate of drug-likeness (QED) is 0.873. The van der Waals surface area contributed by atoms with Crippen LogP contribution in [-0.4, -0.2) is 44.8 Å². The van der Waals surface area contributed by atoms with Gasteiger partial charge >= 0.3 is 0 Å². The van der Waals surface area contributed by atoms with Gasteiger partial charge in [0.15, 0.2) is 5.82 Å². The Morgan fingerprint density at radius 2 is 2.30 bits per heavy atom. The minimum Gasteiger partial charge on any atom is -0.342 e. The second-order valence-corrected chi connectivity index (χ2v) is 6.76. The number of carbonyl (C=O) groups excluding carboxylic acids is 1. The zero-order chi connectivity index (χ0) is 16.2. The number of thioether (sulfide) groups is 1. The minimum absolute atomic E-state index is 0.110. The number of aromatic amines is 1. The third-order valence-electron chi connectivity index (χ3n) is 3.93. The number of amides is 1. The van der Waals surface area contributed by atoms with Crippen molar-refractivity contribution in [1.29, 1.82) is 0 Å². The molecule has 1 atom stereocenters. The van der Waals surface area contributed by atoms with Crippen molar-refractivity contribution in [3.63, 3.8) is 0 Å². The molecule has 3 rings (SSSR count). The number of nitrogens with zero attached hydrogens (tertiary/aromatic N) is 3. The molecule has 7 heteroatoms. The molecule has 122 valence electrons. The number of hydrogen-bond acceptors (Lipinski definition) is 4. The Morgan fingerprint density at radius 3 is 3.09 bits per heavy atom. The number of carbonyl (C=O) groups is 1. The van der Waals surface area contributed by atoms with Crippen molar-refractivity contribution in [3.05, 3.63) is 30.1 Å². The van der Waals surface area contributed by atoms with Gasteiger partial charge in [0.2, 0.25) is 11.1 Å². The van der Waals surface area contributed by atoms with Gasteiger partial charge in [0.05, 0.1) is 11.3 Å². The monoisotopic (exact) mass is 334 g/mol. The molecule has 1 aromatic carbocycles. The smallest absolute Gasteiger partial charge is 0.233 e. The number of benzene rings is 1. The molecule has 0 radical (unpaired) electrons. The zero-order valence-corrected chi connectivity index (χ0v) is 13.8. The molecule has 0 spiro atoms. The van der Waals surface area contributed by atoms with E-state index in [4.69, 9.17) is 0 Å². The fourth-order valence-electron chi connectivity index (χ4n) is 2.72. The van der Waals surface area contributed by atoms with Crippen LogP contribution in [0.1, 0.15) is 19.8 Å². The van der Waals surface area contributed by atoms with E-state index in [1.807, 2.05) is 4.90 Å². The van der Waals surface area contributed by atoms with Gasteiger partial charge in [0.25, 0.3) is 0 Å². The van der Waals surface area contributed by atoms with E-state index in [0.29, 0.717) is 28.2 Å². The van der Waals surface area contributed by atoms with Crippen LogP contribution >= 0.6 is 11.8 Å². The van der Waals surface area contributed by atoms with Crippen LogP contribution in [0.15, 0.2) is 29.4 Å². The fourth-order valence-corrected chi connectivity index (χ4v) is 3.42. The zero-order valence-electron chi connectivity index (χ0n) is 13.0. The number of likely N-dealkylation sites (tertiary alicyclic amines) is 1. The molecule has 0 saturated carbocycles. The lowest BCUT2D eigenvalue weighted by atomic mass is 10.0. The topological polar surface area (TPSA) is 61.9 Å². The molecule has 1 aromatic heterocycles. The van der Waals surface area contributed by atoms with Crippen LogP contribution in [0.4, 0.5) is 4.39 Å². The molecule has 23 heavy (non-hydrogen) atoms. The highest BCUT2D eigenvalue weighted by Gasteiger charge is 2.21. The summed E-state index contributed by atoms with van der Waals surface area (Å²) in [6.07, 6.45) is 2.25. The highest BCUT2D eigenvalue weighted by atomic mass is 32.2. The lowest BCUT2D eigenvalue weighted by Gasteiger charge is -2.30. The molecule has 1 amide bonds. The Hall–Kier alpha value is -1.89. The number of hydrogen-bond donors (Lipinski definition) is 1. The predicted molar refractivity (Wildman–Crippen MR) is 87.5 cm³/mol. The summed E-state index contributed by atoms with van der Waals surface area (Å²) in [5.74, 6) is 1.01. The van der Waals surface area contributed by atoms with Crippen molar-refractivity contribution in [2.24, 2.45) is 5.92 Å². The predicted octanol–water partition coefficient (Wildman–Crippen LogP) is 2.96. The SMILES string of the molecule is CC1CCCN(C(=O)CSc2n[nH]c(-c3ccccc3F)n2)C1. The first kappa shape index (κ1) is 16.0. The molecular weight excluding hydrogens is 315 g/mol. The van der Waals surface area contributed by atoms with E-state index in [9.17, 15) is 9.18 Å². The molecule has 1 aliphatic rings. The van der Waals surface area contributed by atoms with E-state index in [2.05, 4.69) is 22.1 Å². The van der Waals surface area contributed by atoms with Gasteiger partial charge in [-0.15, -0.1) is 5.10 Å². The second-order valence-electron chi connectivity index (χ2n) is 5.82. The molecule has 1 saturated heterocycles. The maximum absolute atomic E-state index is 13.7. The summed E-state index contributed by atoms with van der Waals surface area (Å²) in [5.41, 5.74) is 0.378. The summed E-state index contributed by atoms with van der Waals surface area (Å²) in [6.45, 7) is 3.83. The van der Waals surface area contributed by atoms with E-state index in [0.717, 1.165) is 19.5 Å². The maximum atomic E-state index is 13.7. The number of halogens is 1. The van der Waals surface area contributed by atoms with Gasteiger partial charge < -0.3 is 4.90 Å². The number of aromatic nitrogens is 3. The van der Waals surface area contributed by atoms with Gasteiger partial charge in [-0.1, -0.05) is 30.8 Å². The fraction of sp³-hybridized carbons (Fsp3) is 0.438. The van der Waals surface area contributed by atoms with Gasteiger partial charge in [-0.2, -0.15) is 0 Å². The second kappa shape index (κ2) is 7.12. The molecule has 0 bridgehead atoms. The molecule has 1 unspecified atom stereocenters. The van der Waals surface area contributed by atoms with Crippen LogP contribution in [0, 0.1) is 11.7 Å². The van der Waals surface area contributed by atoms with Crippen molar-refractivity contribution in [3.8, 4) is 11.4 Å². The van der Waals surface area contributed by atoms with E-state index in [1.165, 1.54) is 24.2 Å². The standard InChI is InChI=1S/C16H19FN4OS/c1-11-5-4-8-21(9-11)14(22)10-23-16-18-15(19-20-16)12-6-2-3-7-13(12)17/h2-3,6-7,11H,4-5,8-10H2,1H3,(H,18,19,20).